The normalized spacial score (nSPS) is 24.9. The molecule has 0 N–H and O–H groups in total. The fourth-order valence-electron chi connectivity index (χ4n) is 16.2. The summed E-state index contributed by atoms with van der Waals surface area (Å²) < 4.78 is 0. The zero-order chi connectivity index (χ0) is 83.0. The van der Waals surface area contributed by atoms with Crippen LogP contribution in [-0.4, -0.2) is 189 Å². The Morgan fingerprint density at radius 1 is 0.182 bits per heavy atom. The van der Waals surface area contributed by atoms with Crippen molar-refractivity contribution in [1.82, 2.24) is 19.6 Å². The van der Waals surface area contributed by atoms with E-state index in [1.165, 1.54) is 187 Å². The van der Waals surface area contributed by atoms with Crippen LogP contribution in [0.1, 0.15) is 408 Å². The van der Waals surface area contributed by atoms with E-state index < -0.39 is 0 Å². The molecule has 0 saturated carbocycles. The predicted molar refractivity (Wildman–Crippen MR) is 529 cm³/mol. The fourth-order valence-corrected chi connectivity index (χ4v) is 16.2. The molecule has 0 aromatic heterocycles. The summed E-state index contributed by atoms with van der Waals surface area (Å²) in [6, 6.07) is 3.21. The van der Waals surface area contributed by atoms with Crippen molar-refractivity contribution in [2.45, 2.75) is 438 Å². The first-order valence-corrected chi connectivity index (χ1v) is 45.6. The molecular formula is C103H222N11W7-7. The standard InChI is InChI=1S/2C10H21N.3C10H20N.C9H19N.C9H18N.C8H17N.C8H16N.C7H14N.C6H12N.6CH4.7W/c1-10(2,3)9-5-7-11(4)8-6-9;1-10(2,3)9-6-5-7-11(4)8-9;1-10(2,3)9-5-4-7-11-8-6-9;1-10(2,3)9-6-4-5-7-11-8-9;1-10(2,3)9-7-5-4-6-8-11-9;1-9(2,3)8-5-6-10(4)7-8;1-9(2,3)8-6-4-5-7-10-8;1-8(2,3)7-5-9(4)6-7;1-8(2,3)7-5-4-6-9-7;1-7(2,3)6-4-5-8-6;1-6(2,3)5-4-7-5;;;;;;;;;;;;;/h2*9H,5-8H2,1-4H3;3*9H,4-8H2,1-3H3;8H,5-7H2,1-4H3;8H,4-7H2,1-3H3;7H,5-6H2,1-4H3;7H,4-6H2,1-3H3;6H,4-5H2,1-3H3;5H,4H2,1-3H3;6*1H4;;;;;;;/q;;3*-1;;-1;;3*-1;;;;;;;;;;;;;. The first kappa shape index (κ1) is 154. The van der Waals surface area contributed by atoms with Crippen molar-refractivity contribution in [3.8, 4) is 0 Å². The molecule has 11 rings (SSSR count). The second kappa shape index (κ2) is 73.6. The maximum atomic E-state index is 4.69. The van der Waals surface area contributed by atoms with E-state index in [1.807, 2.05) is 0 Å². The summed E-state index contributed by atoms with van der Waals surface area (Å²) in [5, 5.41) is 31.3. The number of hydrogen-bond acceptors (Lipinski definition) is 4. The predicted octanol–water partition coefficient (Wildman–Crippen LogP) is 31.4. The third-order valence-electron chi connectivity index (χ3n) is 25.9. The van der Waals surface area contributed by atoms with E-state index in [4.69, 9.17) is 5.32 Å². The Kier molecular flexibility index (Phi) is 93.4. The molecule has 0 aromatic rings. The second-order valence-electron chi connectivity index (χ2n) is 47.8. The number of rotatable bonds is 0. The molecule has 738 valence electrons. The molecule has 0 amide bonds. The molecule has 11 saturated heterocycles. The van der Waals surface area contributed by atoms with Crippen molar-refractivity contribution in [3.05, 3.63) is 37.2 Å². The molecule has 11 aliphatic heterocycles. The van der Waals surface area contributed by atoms with Crippen LogP contribution < -0.4 is 0 Å². The van der Waals surface area contributed by atoms with Gasteiger partial charge in [-0.05, 0) is 149 Å². The van der Waals surface area contributed by atoms with Gasteiger partial charge >= 0.3 is 0 Å². The Labute approximate surface area is 868 Å². The minimum absolute atomic E-state index is 0. The van der Waals surface area contributed by atoms with Gasteiger partial charge in [-0.1, -0.05) is 409 Å². The van der Waals surface area contributed by atoms with Gasteiger partial charge in [0.2, 0.25) is 0 Å². The average molecular weight is 2900 g/mol. The van der Waals surface area contributed by atoms with E-state index >= 15 is 0 Å². The molecule has 9 atom stereocenters. The van der Waals surface area contributed by atoms with Gasteiger partial charge < -0.3 is 56.8 Å². The van der Waals surface area contributed by atoms with Gasteiger partial charge in [0.25, 0.3) is 0 Å². The van der Waals surface area contributed by atoms with Gasteiger partial charge in [-0.25, -0.2) is 0 Å². The molecule has 9 unspecified atom stereocenters. The molecule has 0 bridgehead atoms. The Hall–Kier alpha value is 4.38. The van der Waals surface area contributed by atoms with Gasteiger partial charge in [0.05, 0.1) is 0 Å². The second-order valence-corrected chi connectivity index (χ2v) is 47.8. The summed E-state index contributed by atoms with van der Waals surface area (Å²) in [6.45, 7) is 96.5. The molecule has 11 aliphatic rings. The quantitative estimate of drug-likeness (QED) is 0.225. The van der Waals surface area contributed by atoms with Crippen LogP contribution in [0.3, 0.4) is 0 Å². The van der Waals surface area contributed by atoms with E-state index in [2.05, 4.69) is 308 Å². The van der Waals surface area contributed by atoms with E-state index in [9.17, 15) is 0 Å². The molecular weight excluding hydrogens is 2680 g/mol. The molecule has 0 radical (unpaired) electrons. The zero-order valence-electron chi connectivity index (χ0n) is 83.5. The average Bonchev–Trinajstić information content (AvgIpc) is 1.83. The van der Waals surface area contributed by atoms with Gasteiger partial charge in [-0.3, -0.25) is 0 Å². The Balaban J connectivity index is -0.0000000955. The van der Waals surface area contributed by atoms with Crippen LogP contribution in [-0.2, 0) is 147 Å². The summed E-state index contributed by atoms with van der Waals surface area (Å²) in [4.78, 5) is 9.69. The first-order valence-electron chi connectivity index (χ1n) is 45.6. The monoisotopic (exact) mass is 2900 g/mol. The van der Waals surface area contributed by atoms with Crippen molar-refractivity contribution < 1.29 is 147 Å². The summed E-state index contributed by atoms with van der Waals surface area (Å²) in [5.41, 5.74) is 5.14. The molecule has 18 heteroatoms. The Morgan fingerprint density at radius 2 is 0.446 bits per heavy atom. The Morgan fingerprint density at radius 3 is 0.736 bits per heavy atom. The molecule has 0 aromatic carbocycles. The minimum atomic E-state index is 0. The first-order chi connectivity index (χ1) is 49.2. The van der Waals surface area contributed by atoms with Crippen LogP contribution in [0, 0.1) is 95.1 Å². The summed E-state index contributed by atoms with van der Waals surface area (Å²) in [6.07, 6.45) is 28.4. The topological polar surface area (TPSA) is 112 Å². The molecule has 11 nitrogen and oxygen atoms in total. The van der Waals surface area contributed by atoms with Gasteiger partial charge in [0, 0.05) is 174 Å². The smallest absolute Gasteiger partial charge is 0.00240 e. The van der Waals surface area contributed by atoms with Crippen LogP contribution >= 0.6 is 0 Å². The van der Waals surface area contributed by atoms with Gasteiger partial charge in [0.1, 0.15) is 0 Å². The van der Waals surface area contributed by atoms with Crippen LogP contribution in [0.2, 0.25) is 0 Å². The molecule has 0 spiro atoms. The number of nitrogens with zero attached hydrogens (tertiary/aromatic N) is 11. The van der Waals surface area contributed by atoms with E-state index in [1.54, 1.807) is 0 Å². The van der Waals surface area contributed by atoms with Crippen molar-refractivity contribution >= 4 is 0 Å². The maximum Gasteiger partial charge on any atom is 0.00240 e. The number of piperidine rings is 3. The van der Waals surface area contributed by atoms with Crippen molar-refractivity contribution in [3.63, 3.8) is 0 Å². The summed E-state index contributed by atoms with van der Waals surface area (Å²) >= 11 is 0. The van der Waals surface area contributed by atoms with Gasteiger partial charge in [0.15, 0.2) is 0 Å². The van der Waals surface area contributed by atoms with Crippen molar-refractivity contribution in [1.29, 1.82) is 0 Å². The summed E-state index contributed by atoms with van der Waals surface area (Å²) in [5.74, 6) is 5.42. The van der Waals surface area contributed by atoms with Crippen LogP contribution in [0.5, 0.6) is 0 Å². The Bertz CT molecular complexity index is 2100. The SMILES string of the molecule is C.C.C.C.C.C.CC(C)(C)C1CCCCC[N-]1.CC(C)(C)C1CCCC[N-]1.CC(C)(C)C1CCCC[N-]C1.CC(C)(C)C1CCC[N-]1.CC(C)(C)C1CCC[N-]CC1.CC(C)(C)C1CC[N-]1.CC(C)(C)C1C[N-]1.CN1CC(C(C)(C)C)C1.CN1CCC(C(C)(C)C)C1.CN1CCC(C(C)(C)C)CC1.CN1CCCC(C(C)(C)C)C1.[W].[W].[W].[W].[W].[W].[W]. The van der Waals surface area contributed by atoms with Crippen LogP contribution in [0.25, 0.3) is 37.2 Å². The van der Waals surface area contributed by atoms with Crippen molar-refractivity contribution in [2.75, 3.05) is 139 Å². The number of likely N-dealkylation sites (tertiary alicyclic amines) is 4. The van der Waals surface area contributed by atoms with Gasteiger partial charge in [-0.15, -0.1) is 70.0 Å². The van der Waals surface area contributed by atoms with E-state index in [0.717, 1.165) is 94.4 Å². The van der Waals surface area contributed by atoms with Gasteiger partial charge in [-0.2, -0.15) is 19.1 Å². The third-order valence-corrected chi connectivity index (χ3v) is 25.9. The third kappa shape index (κ3) is 74.3. The molecule has 11 fully saturated rings. The largest absolute Gasteiger partial charge is 0.662 e. The molecule has 121 heavy (non-hydrogen) atoms. The van der Waals surface area contributed by atoms with Crippen LogP contribution in [0.4, 0.5) is 0 Å². The maximum absolute atomic E-state index is 4.69. The molecule has 11 heterocycles. The van der Waals surface area contributed by atoms with Crippen LogP contribution in [0.15, 0.2) is 0 Å². The zero-order valence-corrected chi connectivity index (χ0v) is 104. The summed E-state index contributed by atoms with van der Waals surface area (Å²) in [7, 11) is 8.85. The van der Waals surface area contributed by atoms with E-state index in [-0.39, 0.29) is 192 Å². The minimum Gasteiger partial charge on any atom is -0.662 e. The van der Waals surface area contributed by atoms with Crippen molar-refractivity contribution in [2.24, 2.45) is 95.1 Å². The number of hydrogen-bond donors (Lipinski definition) is 0. The molecule has 0 aliphatic carbocycles. The fraction of sp³-hybridized carbons (Fsp3) is 1.00. The van der Waals surface area contributed by atoms with E-state index in [0.29, 0.717) is 89.8 Å².